The lowest BCUT2D eigenvalue weighted by molar-refractivity contribution is -0.113. The largest absolute Gasteiger partial charge is 0.484 e. The Labute approximate surface area is 188 Å². The van der Waals surface area contributed by atoms with Crippen molar-refractivity contribution >= 4 is 58.2 Å². The van der Waals surface area contributed by atoms with Crippen molar-refractivity contribution in [2.75, 3.05) is 4.90 Å². The van der Waals surface area contributed by atoms with Crippen LogP contribution in [0.2, 0.25) is 10.0 Å². The molecular weight excluding hydrogens is 443 g/mol. The van der Waals surface area contributed by atoms with E-state index in [1.54, 1.807) is 36.4 Å². The monoisotopic (exact) mass is 458 g/mol. The van der Waals surface area contributed by atoms with Gasteiger partial charge in [0.1, 0.15) is 34.6 Å². The molecule has 4 rings (SSSR count). The molecule has 1 fully saturated rings. The van der Waals surface area contributed by atoms with Gasteiger partial charge in [-0.05, 0) is 55.0 Å². The standard InChI is InChI=1S/C22H16Cl2N2O3S/c1-13-5-2-3-7-18(13)26-21(27)17(25-22(26)30)11-14-9-10-15(29-14)12-28-19-8-4-6-16(23)20(19)24/h2-11H,12H2,1H3,(H,25,30)/b17-11+. The van der Waals surface area contributed by atoms with Gasteiger partial charge in [0.2, 0.25) is 0 Å². The maximum absolute atomic E-state index is 12.9. The second-order valence-electron chi connectivity index (χ2n) is 6.56. The summed E-state index contributed by atoms with van der Waals surface area (Å²) in [7, 11) is 0. The minimum atomic E-state index is -0.241. The molecule has 1 aromatic heterocycles. The van der Waals surface area contributed by atoms with E-state index < -0.39 is 0 Å². The van der Waals surface area contributed by atoms with E-state index in [9.17, 15) is 4.79 Å². The fourth-order valence-electron chi connectivity index (χ4n) is 3.00. The number of ether oxygens (including phenoxy) is 1. The number of thiocarbonyl (C=S) groups is 1. The highest BCUT2D eigenvalue weighted by Crippen LogP contribution is 2.32. The number of para-hydroxylation sites is 1. The molecule has 30 heavy (non-hydrogen) atoms. The molecule has 0 atom stereocenters. The number of nitrogens with zero attached hydrogens (tertiary/aromatic N) is 1. The minimum Gasteiger partial charge on any atom is -0.484 e. The fraction of sp³-hybridized carbons (Fsp3) is 0.0909. The highest BCUT2D eigenvalue weighted by molar-refractivity contribution is 7.80. The molecule has 0 saturated carbocycles. The van der Waals surface area contributed by atoms with Gasteiger partial charge in [0.25, 0.3) is 5.91 Å². The first-order valence-corrected chi connectivity index (χ1v) is 10.2. The van der Waals surface area contributed by atoms with Gasteiger partial charge in [-0.3, -0.25) is 9.69 Å². The average molecular weight is 459 g/mol. The number of halogens is 2. The third-order valence-corrected chi connectivity index (χ3v) is 5.58. The molecule has 152 valence electrons. The van der Waals surface area contributed by atoms with E-state index in [1.165, 1.54) is 4.90 Å². The lowest BCUT2D eigenvalue weighted by Crippen LogP contribution is -2.30. The number of furan rings is 1. The minimum absolute atomic E-state index is 0.165. The second kappa shape index (κ2) is 8.52. The number of amides is 1. The molecule has 2 aromatic carbocycles. The van der Waals surface area contributed by atoms with Crippen molar-refractivity contribution in [3.63, 3.8) is 0 Å². The van der Waals surface area contributed by atoms with Crippen LogP contribution in [0.1, 0.15) is 17.1 Å². The predicted octanol–water partition coefficient (Wildman–Crippen LogP) is 5.74. The van der Waals surface area contributed by atoms with E-state index in [2.05, 4.69) is 5.32 Å². The van der Waals surface area contributed by atoms with Crippen molar-refractivity contribution in [2.45, 2.75) is 13.5 Å². The van der Waals surface area contributed by atoms with Crippen LogP contribution in [-0.4, -0.2) is 11.0 Å². The molecule has 0 aliphatic carbocycles. The number of hydrogen-bond acceptors (Lipinski definition) is 4. The van der Waals surface area contributed by atoms with Gasteiger partial charge in [-0.15, -0.1) is 0 Å². The number of aryl methyl sites for hydroxylation is 1. The van der Waals surface area contributed by atoms with Gasteiger partial charge in [0.05, 0.1) is 10.7 Å². The number of carbonyl (C=O) groups excluding carboxylic acids is 1. The summed E-state index contributed by atoms with van der Waals surface area (Å²) in [6.07, 6.45) is 1.61. The molecule has 0 radical (unpaired) electrons. The summed E-state index contributed by atoms with van der Waals surface area (Å²) in [6, 6.07) is 16.2. The summed E-state index contributed by atoms with van der Waals surface area (Å²) in [4.78, 5) is 14.4. The Balaban J connectivity index is 1.49. The van der Waals surface area contributed by atoms with Gasteiger partial charge in [0.15, 0.2) is 5.11 Å². The first-order valence-electron chi connectivity index (χ1n) is 9.02. The van der Waals surface area contributed by atoms with Crippen LogP contribution in [0, 0.1) is 6.92 Å². The maximum atomic E-state index is 12.9. The van der Waals surface area contributed by atoms with Crippen LogP contribution in [-0.2, 0) is 11.4 Å². The second-order valence-corrected chi connectivity index (χ2v) is 7.73. The van der Waals surface area contributed by atoms with Gasteiger partial charge in [0, 0.05) is 6.08 Å². The summed E-state index contributed by atoms with van der Waals surface area (Å²) in [5.41, 5.74) is 2.03. The summed E-state index contributed by atoms with van der Waals surface area (Å²) < 4.78 is 11.4. The molecule has 1 aliphatic rings. The third-order valence-electron chi connectivity index (χ3n) is 4.49. The normalized spacial score (nSPS) is 15.0. The molecule has 8 heteroatoms. The van der Waals surface area contributed by atoms with Gasteiger partial charge in [-0.1, -0.05) is 47.5 Å². The van der Waals surface area contributed by atoms with Gasteiger partial charge in [-0.2, -0.15) is 0 Å². The van der Waals surface area contributed by atoms with Crippen molar-refractivity contribution in [1.82, 2.24) is 5.32 Å². The maximum Gasteiger partial charge on any atom is 0.281 e. The zero-order valence-electron chi connectivity index (χ0n) is 15.8. The lowest BCUT2D eigenvalue weighted by atomic mass is 10.2. The molecule has 0 spiro atoms. The molecule has 2 heterocycles. The lowest BCUT2D eigenvalue weighted by Gasteiger charge is -2.16. The van der Waals surface area contributed by atoms with Crippen LogP contribution >= 0.6 is 35.4 Å². The quantitative estimate of drug-likeness (QED) is 0.390. The highest BCUT2D eigenvalue weighted by atomic mass is 35.5. The van der Waals surface area contributed by atoms with Crippen molar-refractivity contribution in [3.05, 3.63) is 87.4 Å². The molecule has 5 nitrogen and oxygen atoms in total. The zero-order chi connectivity index (χ0) is 21.3. The Kier molecular flexibility index (Phi) is 5.81. The van der Waals surface area contributed by atoms with Crippen molar-refractivity contribution < 1.29 is 13.9 Å². The van der Waals surface area contributed by atoms with Crippen molar-refractivity contribution in [1.29, 1.82) is 0 Å². The van der Waals surface area contributed by atoms with Crippen LogP contribution in [0.3, 0.4) is 0 Å². The van der Waals surface area contributed by atoms with E-state index in [0.29, 0.717) is 38.1 Å². The fourth-order valence-corrected chi connectivity index (χ4v) is 3.64. The first kappa shape index (κ1) is 20.5. The third kappa shape index (κ3) is 4.07. The van der Waals surface area contributed by atoms with E-state index in [-0.39, 0.29) is 12.5 Å². The highest BCUT2D eigenvalue weighted by Gasteiger charge is 2.32. The Morgan fingerprint density at radius 2 is 1.93 bits per heavy atom. The number of nitrogens with one attached hydrogen (secondary N) is 1. The number of rotatable bonds is 5. The topological polar surface area (TPSA) is 54.7 Å². The average Bonchev–Trinajstić information content (AvgIpc) is 3.28. The zero-order valence-corrected chi connectivity index (χ0v) is 18.1. The number of anilines is 1. The summed E-state index contributed by atoms with van der Waals surface area (Å²) in [5, 5.41) is 4.04. The Hall–Kier alpha value is -2.80. The molecule has 1 N–H and O–H groups in total. The van der Waals surface area contributed by atoms with Crippen LogP contribution in [0.5, 0.6) is 5.75 Å². The molecule has 3 aromatic rings. The Bertz CT molecular complexity index is 1170. The van der Waals surface area contributed by atoms with E-state index in [1.807, 2.05) is 31.2 Å². The van der Waals surface area contributed by atoms with Crippen molar-refractivity contribution in [2.24, 2.45) is 0 Å². The van der Waals surface area contributed by atoms with Crippen LogP contribution < -0.4 is 15.0 Å². The predicted molar refractivity (Wildman–Crippen MR) is 122 cm³/mol. The van der Waals surface area contributed by atoms with Gasteiger partial charge < -0.3 is 14.5 Å². The number of benzene rings is 2. The number of hydrogen-bond donors (Lipinski definition) is 1. The molecule has 1 aliphatic heterocycles. The van der Waals surface area contributed by atoms with Crippen molar-refractivity contribution in [3.8, 4) is 5.75 Å². The first-order chi connectivity index (χ1) is 14.4. The van der Waals surface area contributed by atoms with E-state index in [0.717, 1.165) is 11.3 Å². The molecule has 1 saturated heterocycles. The van der Waals surface area contributed by atoms with Crippen LogP contribution in [0.15, 0.2) is 64.7 Å². The summed E-state index contributed by atoms with van der Waals surface area (Å²) in [6.45, 7) is 2.09. The smallest absolute Gasteiger partial charge is 0.281 e. The molecule has 0 unspecified atom stereocenters. The Morgan fingerprint density at radius 3 is 2.73 bits per heavy atom. The Morgan fingerprint density at radius 1 is 1.13 bits per heavy atom. The van der Waals surface area contributed by atoms with Crippen LogP contribution in [0.25, 0.3) is 6.08 Å². The van der Waals surface area contributed by atoms with Gasteiger partial charge in [-0.25, -0.2) is 0 Å². The van der Waals surface area contributed by atoms with Gasteiger partial charge >= 0.3 is 0 Å². The van der Waals surface area contributed by atoms with E-state index >= 15 is 0 Å². The summed E-state index contributed by atoms with van der Waals surface area (Å²) in [5.74, 6) is 1.29. The SMILES string of the molecule is Cc1ccccc1N1C(=O)/C(=C\c2ccc(COc3cccc(Cl)c3Cl)o2)NC1=S. The summed E-state index contributed by atoms with van der Waals surface area (Å²) >= 11 is 17.5. The molecule has 0 bridgehead atoms. The molecule has 1 amide bonds. The molecular formula is C22H16Cl2N2O3S. The van der Waals surface area contributed by atoms with Crippen LogP contribution in [0.4, 0.5) is 5.69 Å². The number of carbonyl (C=O) groups is 1. The van der Waals surface area contributed by atoms with E-state index in [4.69, 9.17) is 44.6 Å².